The molecule has 3 rings (SSSR count). The first kappa shape index (κ1) is 13.6. The molecule has 0 radical (unpaired) electrons. The summed E-state index contributed by atoms with van der Waals surface area (Å²) in [6.07, 6.45) is 4.45. The molecule has 21 heavy (non-hydrogen) atoms. The summed E-state index contributed by atoms with van der Waals surface area (Å²) in [5.74, 6) is -0.289. The van der Waals surface area contributed by atoms with Crippen LogP contribution in [0.15, 0.2) is 48.5 Å². The number of carbonyl (C=O) groups excluding carboxylic acids is 1. The van der Waals surface area contributed by atoms with Gasteiger partial charge in [-0.25, -0.2) is 4.79 Å². The smallest absolute Gasteiger partial charge is 0.337 e. The molecule has 2 nitrogen and oxygen atoms in total. The number of allylic oxidation sites excluding steroid dienone is 1. The second kappa shape index (κ2) is 5.57. The molecular formula is C19H18O2. The van der Waals surface area contributed by atoms with Gasteiger partial charge in [0.1, 0.15) is 0 Å². The molecule has 0 amide bonds. The van der Waals surface area contributed by atoms with Crippen molar-refractivity contribution >= 4 is 11.5 Å². The van der Waals surface area contributed by atoms with Crippen molar-refractivity contribution in [2.45, 2.75) is 19.8 Å². The molecule has 0 atom stereocenters. The number of carbonyl (C=O) groups is 1. The molecule has 0 saturated carbocycles. The lowest BCUT2D eigenvalue weighted by atomic mass is 9.85. The van der Waals surface area contributed by atoms with Crippen molar-refractivity contribution in [2.75, 3.05) is 7.11 Å². The highest BCUT2D eigenvalue weighted by molar-refractivity contribution is 5.91. The third kappa shape index (κ3) is 2.49. The maximum Gasteiger partial charge on any atom is 0.337 e. The molecule has 1 aliphatic rings. The Kier molecular flexibility index (Phi) is 3.61. The number of methoxy groups -OCH3 is 1. The lowest BCUT2D eigenvalue weighted by Gasteiger charge is -2.19. The topological polar surface area (TPSA) is 26.3 Å². The molecule has 106 valence electrons. The average molecular weight is 278 g/mol. The highest BCUT2D eigenvalue weighted by Gasteiger charge is 2.16. The summed E-state index contributed by atoms with van der Waals surface area (Å²) in [6.45, 7) is 2.04. The van der Waals surface area contributed by atoms with E-state index < -0.39 is 0 Å². The van der Waals surface area contributed by atoms with E-state index in [0.29, 0.717) is 5.56 Å². The van der Waals surface area contributed by atoms with E-state index in [2.05, 4.69) is 30.3 Å². The summed E-state index contributed by atoms with van der Waals surface area (Å²) in [7, 11) is 1.41. The molecule has 0 N–H and O–H groups in total. The maximum absolute atomic E-state index is 11.6. The van der Waals surface area contributed by atoms with Gasteiger partial charge in [0.05, 0.1) is 12.7 Å². The van der Waals surface area contributed by atoms with E-state index in [4.69, 9.17) is 4.74 Å². The van der Waals surface area contributed by atoms with Gasteiger partial charge >= 0.3 is 5.97 Å². The zero-order chi connectivity index (χ0) is 14.8. The number of hydrogen-bond acceptors (Lipinski definition) is 2. The van der Waals surface area contributed by atoms with Crippen LogP contribution in [-0.4, -0.2) is 13.1 Å². The molecule has 2 heteroatoms. The first-order chi connectivity index (χ1) is 10.2. The van der Waals surface area contributed by atoms with Crippen molar-refractivity contribution in [3.8, 4) is 0 Å². The van der Waals surface area contributed by atoms with Crippen molar-refractivity contribution in [2.24, 2.45) is 0 Å². The lowest BCUT2D eigenvalue weighted by molar-refractivity contribution is 0.0600. The van der Waals surface area contributed by atoms with Crippen LogP contribution >= 0.6 is 0 Å². The van der Waals surface area contributed by atoms with Gasteiger partial charge in [0.2, 0.25) is 0 Å². The van der Waals surface area contributed by atoms with Crippen molar-refractivity contribution in [3.63, 3.8) is 0 Å². The maximum atomic E-state index is 11.6. The summed E-state index contributed by atoms with van der Waals surface area (Å²) < 4.78 is 4.78. The largest absolute Gasteiger partial charge is 0.465 e. The summed E-state index contributed by atoms with van der Waals surface area (Å²) in [5.41, 5.74) is 6.86. The summed E-state index contributed by atoms with van der Waals surface area (Å²) >= 11 is 0. The Labute approximate surface area is 125 Å². The average Bonchev–Trinajstić information content (AvgIpc) is 2.53. The van der Waals surface area contributed by atoms with Gasteiger partial charge in [-0.05, 0) is 59.7 Å². The fourth-order valence-corrected chi connectivity index (χ4v) is 2.95. The zero-order valence-electron chi connectivity index (χ0n) is 12.3. The Hall–Kier alpha value is -2.35. The van der Waals surface area contributed by atoms with Crippen LogP contribution in [0.2, 0.25) is 0 Å². The third-order valence-electron chi connectivity index (χ3n) is 4.01. The van der Waals surface area contributed by atoms with Gasteiger partial charge in [0.25, 0.3) is 0 Å². The predicted molar refractivity (Wildman–Crippen MR) is 84.4 cm³/mol. The molecule has 0 fully saturated rings. The molecule has 0 saturated heterocycles. The Bertz CT molecular complexity index is 726. The molecule has 0 heterocycles. The van der Waals surface area contributed by atoms with Crippen LogP contribution < -0.4 is 0 Å². The molecule has 0 aliphatic heterocycles. The first-order valence-electron chi connectivity index (χ1n) is 7.18. The van der Waals surface area contributed by atoms with Gasteiger partial charge in [-0.2, -0.15) is 0 Å². The minimum Gasteiger partial charge on any atom is -0.465 e. The Morgan fingerprint density at radius 3 is 2.67 bits per heavy atom. The number of esters is 1. The number of aryl methyl sites for hydroxylation is 2. The summed E-state index contributed by atoms with van der Waals surface area (Å²) in [5, 5.41) is 0. The van der Waals surface area contributed by atoms with Crippen LogP contribution in [0.5, 0.6) is 0 Å². The van der Waals surface area contributed by atoms with E-state index >= 15 is 0 Å². The number of fused-ring (bicyclic) bond motifs is 1. The quantitative estimate of drug-likeness (QED) is 0.771. The van der Waals surface area contributed by atoms with Gasteiger partial charge in [-0.15, -0.1) is 0 Å². The molecule has 0 unspecified atom stereocenters. The van der Waals surface area contributed by atoms with Crippen LogP contribution in [0.25, 0.3) is 5.57 Å². The number of benzene rings is 2. The lowest BCUT2D eigenvalue weighted by Crippen LogP contribution is -2.05. The predicted octanol–water partition coefficient (Wildman–Crippen LogP) is 4.16. The molecule has 1 aliphatic carbocycles. The third-order valence-corrected chi connectivity index (χ3v) is 4.01. The van der Waals surface area contributed by atoms with Gasteiger partial charge in [0, 0.05) is 0 Å². The van der Waals surface area contributed by atoms with Crippen LogP contribution in [0, 0.1) is 6.92 Å². The molecule has 2 aromatic carbocycles. The standard InChI is InChI=1S/C19H18O2/c1-13-12-15(19(20)21-2)10-11-16(13)18-9-5-7-14-6-3-4-8-17(14)18/h3-4,6,8-12H,5,7H2,1-2H3. The van der Waals surface area contributed by atoms with Gasteiger partial charge in [-0.3, -0.25) is 0 Å². The van der Waals surface area contributed by atoms with E-state index in [1.165, 1.54) is 29.4 Å². The molecule has 2 aromatic rings. The van der Waals surface area contributed by atoms with Crippen LogP contribution in [0.1, 0.15) is 39.0 Å². The van der Waals surface area contributed by atoms with Gasteiger partial charge < -0.3 is 4.74 Å². The van der Waals surface area contributed by atoms with Crippen molar-refractivity contribution in [1.29, 1.82) is 0 Å². The molecule has 0 spiro atoms. The number of rotatable bonds is 2. The summed E-state index contributed by atoms with van der Waals surface area (Å²) in [4.78, 5) is 11.6. The van der Waals surface area contributed by atoms with Crippen molar-refractivity contribution < 1.29 is 9.53 Å². The molecular weight excluding hydrogens is 260 g/mol. The SMILES string of the molecule is COC(=O)c1ccc(C2=CCCc3ccccc32)c(C)c1. The fraction of sp³-hybridized carbons (Fsp3) is 0.211. The van der Waals surface area contributed by atoms with E-state index in [0.717, 1.165) is 18.4 Å². The second-order valence-electron chi connectivity index (χ2n) is 5.33. The number of hydrogen-bond donors (Lipinski definition) is 0. The zero-order valence-corrected chi connectivity index (χ0v) is 12.3. The van der Waals surface area contributed by atoms with E-state index in [1.807, 2.05) is 25.1 Å². The van der Waals surface area contributed by atoms with Crippen molar-refractivity contribution in [3.05, 3.63) is 76.4 Å². The van der Waals surface area contributed by atoms with Crippen LogP contribution in [0.4, 0.5) is 0 Å². The highest BCUT2D eigenvalue weighted by atomic mass is 16.5. The monoisotopic (exact) mass is 278 g/mol. The van der Waals surface area contributed by atoms with Crippen LogP contribution in [-0.2, 0) is 11.2 Å². The first-order valence-corrected chi connectivity index (χ1v) is 7.18. The summed E-state index contributed by atoms with van der Waals surface area (Å²) in [6, 6.07) is 14.3. The second-order valence-corrected chi connectivity index (χ2v) is 5.33. The Morgan fingerprint density at radius 2 is 1.90 bits per heavy atom. The van der Waals surface area contributed by atoms with Crippen molar-refractivity contribution in [1.82, 2.24) is 0 Å². The highest BCUT2D eigenvalue weighted by Crippen LogP contribution is 2.33. The fourth-order valence-electron chi connectivity index (χ4n) is 2.95. The Morgan fingerprint density at radius 1 is 1.10 bits per heavy atom. The van der Waals surface area contributed by atoms with Crippen LogP contribution in [0.3, 0.4) is 0 Å². The Balaban J connectivity index is 2.05. The minimum absolute atomic E-state index is 0.289. The minimum atomic E-state index is -0.289. The molecule has 0 bridgehead atoms. The van der Waals surface area contributed by atoms with Gasteiger partial charge in [0.15, 0.2) is 0 Å². The van der Waals surface area contributed by atoms with E-state index in [9.17, 15) is 4.79 Å². The van der Waals surface area contributed by atoms with E-state index in [-0.39, 0.29) is 5.97 Å². The van der Waals surface area contributed by atoms with E-state index in [1.54, 1.807) is 0 Å². The normalized spacial score (nSPS) is 13.3. The van der Waals surface area contributed by atoms with Gasteiger partial charge in [-0.1, -0.05) is 36.4 Å². The molecule has 0 aromatic heterocycles. The number of ether oxygens (including phenoxy) is 1.